The fourth-order valence-corrected chi connectivity index (χ4v) is 10.9. The molecular weight excluding hydrogens is 1050 g/mol. The molecule has 482 valence electrons. The van der Waals surface area contributed by atoms with Gasteiger partial charge in [0.1, 0.15) is 6.61 Å². The highest BCUT2D eigenvalue weighted by molar-refractivity contribution is 7.47. The van der Waals surface area contributed by atoms with E-state index in [0.29, 0.717) is 6.42 Å². The van der Waals surface area contributed by atoms with Crippen LogP contribution in [-0.4, -0.2) is 49.3 Å². The quantitative estimate of drug-likeness (QED) is 0.0264. The van der Waals surface area contributed by atoms with E-state index < -0.39 is 26.5 Å². The Hall–Kier alpha value is -2.81. The molecule has 2 atom stereocenters. The van der Waals surface area contributed by atoms with Crippen molar-refractivity contribution < 1.29 is 37.6 Å². The van der Waals surface area contributed by atoms with Gasteiger partial charge in [0, 0.05) is 19.4 Å². The lowest BCUT2D eigenvalue weighted by atomic mass is 10.0. The Morgan fingerprint density at radius 3 is 0.988 bits per heavy atom. The number of esters is 2. The van der Waals surface area contributed by atoms with E-state index in [0.717, 1.165) is 83.5 Å². The summed E-state index contributed by atoms with van der Waals surface area (Å²) in [5.41, 5.74) is 5.40. The molecule has 0 aromatic carbocycles. The number of carbonyl (C=O) groups excluding carboxylic acids is 2. The van der Waals surface area contributed by atoms with E-state index in [2.05, 4.69) is 98.9 Å². The molecular formula is C73H132NO8P. The fraction of sp³-hybridized carbons (Fsp3) is 0.781. The van der Waals surface area contributed by atoms with Gasteiger partial charge in [-0.2, -0.15) is 0 Å². The third kappa shape index (κ3) is 68.2. The molecule has 0 spiro atoms. The number of unbranched alkanes of at least 4 members (excludes halogenated alkanes) is 39. The second-order valence-electron chi connectivity index (χ2n) is 23.4. The molecule has 9 nitrogen and oxygen atoms in total. The lowest BCUT2D eigenvalue weighted by molar-refractivity contribution is -0.161. The maximum Gasteiger partial charge on any atom is 0.472 e. The van der Waals surface area contributed by atoms with Crippen LogP contribution in [0.15, 0.2) is 85.1 Å². The fourth-order valence-electron chi connectivity index (χ4n) is 10.1. The van der Waals surface area contributed by atoms with E-state index in [1.54, 1.807) is 0 Å². The summed E-state index contributed by atoms with van der Waals surface area (Å²) in [6.07, 6.45) is 91.1. The number of allylic oxidation sites excluding steroid dienone is 14. The Morgan fingerprint density at radius 1 is 0.373 bits per heavy atom. The number of phosphoric ester groups is 1. The number of ether oxygens (including phenoxy) is 2. The van der Waals surface area contributed by atoms with Gasteiger partial charge in [0.25, 0.3) is 0 Å². The number of hydrogen-bond acceptors (Lipinski definition) is 8. The second kappa shape index (κ2) is 68.3. The third-order valence-corrected chi connectivity index (χ3v) is 16.2. The molecule has 83 heavy (non-hydrogen) atoms. The van der Waals surface area contributed by atoms with Crippen molar-refractivity contribution in [3.8, 4) is 0 Å². The maximum absolute atomic E-state index is 12.7. The van der Waals surface area contributed by atoms with Crippen LogP contribution in [0.4, 0.5) is 0 Å². The highest BCUT2D eigenvalue weighted by Gasteiger charge is 2.26. The number of rotatable bonds is 66. The minimum atomic E-state index is -4.40. The molecule has 0 saturated heterocycles. The van der Waals surface area contributed by atoms with Crippen molar-refractivity contribution in [2.75, 3.05) is 26.4 Å². The topological polar surface area (TPSA) is 134 Å². The van der Waals surface area contributed by atoms with Crippen LogP contribution in [0.3, 0.4) is 0 Å². The summed E-state index contributed by atoms with van der Waals surface area (Å²) in [6, 6.07) is 0. The summed E-state index contributed by atoms with van der Waals surface area (Å²) < 4.78 is 33.2. The first-order valence-corrected chi connectivity index (χ1v) is 36.6. The van der Waals surface area contributed by atoms with Gasteiger partial charge in [-0.25, -0.2) is 4.57 Å². The molecule has 0 rings (SSSR count). The van der Waals surface area contributed by atoms with Crippen LogP contribution < -0.4 is 5.73 Å². The van der Waals surface area contributed by atoms with Crippen LogP contribution in [0.5, 0.6) is 0 Å². The van der Waals surface area contributed by atoms with Gasteiger partial charge >= 0.3 is 19.8 Å². The molecule has 2 unspecified atom stereocenters. The van der Waals surface area contributed by atoms with Crippen molar-refractivity contribution in [2.45, 2.75) is 341 Å². The van der Waals surface area contributed by atoms with Crippen molar-refractivity contribution in [3.05, 3.63) is 85.1 Å². The molecule has 0 amide bonds. The summed E-state index contributed by atoms with van der Waals surface area (Å²) in [6.45, 7) is 3.65. The first kappa shape index (κ1) is 80.2. The molecule has 3 N–H and O–H groups in total. The van der Waals surface area contributed by atoms with Gasteiger partial charge in [-0.3, -0.25) is 18.6 Å². The third-order valence-electron chi connectivity index (χ3n) is 15.3. The van der Waals surface area contributed by atoms with Gasteiger partial charge in [0.2, 0.25) is 0 Å². The predicted octanol–water partition coefficient (Wildman–Crippen LogP) is 23.0. The van der Waals surface area contributed by atoms with Crippen LogP contribution in [0.1, 0.15) is 335 Å². The molecule has 0 aliphatic carbocycles. The van der Waals surface area contributed by atoms with Gasteiger partial charge in [-0.15, -0.1) is 0 Å². The second-order valence-corrected chi connectivity index (χ2v) is 24.8. The van der Waals surface area contributed by atoms with Crippen molar-refractivity contribution in [1.29, 1.82) is 0 Å². The first-order chi connectivity index (χ1) is 40.8. The Labute approximate surface area is 513 Å². The molecule has 10 heteroatoms. The highest BCUT2D eigenvalue weighted by Crippen LogP contribution is 2.43. The highest BCUT2D eigenvalue weighted by atomic mass is 31.2. The summed E-state index contributed by atoms with van der Waals surface area (Å²) in [5.74, 6) is -0.824. The monoisotopic (exact) mass is 1180 g/mol. The Bertz CT molecular complexity index is 1640. The summed E-state index contributed by atoms with van der Waals surface area (Å²) >= 11 is 0. The molecule has 0 aromatic rings. The largest absolute Gasteiger partial charge is 0.472 e. The van der Waals surface area contributed by atoms with Crippen molar-refractivity contribution >= 4 is 19.8 Å². The smallest absolute Gasteiger partial charge is 0.462 e. The summed E-state index contributed by atoms with van der Waals surface area (Å²) in [5, 5.41) is 0. The molecule has 0 heterocycles. The zero-order valence-corrected chi connectivity index (χ0v) is 55.1. The number of phosphoric acid groups is 1. The normalized spacial score (nSPS) is 13.4. The van der Waals surface area contributed by atoms with Crippen molar-refractivity contribution in [1.82, 2.24) is 0 Å². The Morgan fingerprint density at radius 2 is 0.663 bits per heavy atom. The van der Waals surface area contributed by atoms with Crippen LogP contribution >= 0.6 is 7.82 Å². The van der Waals surface area contributed by atoms with Gasteiger partial charge in [0.15, 0.2) is 6.10 Å². The van der Waals surface area contributed by atoms with E-state index in [9.17, 15) is 19.0 Å². The minimum Gasteiger partial charge on any atom is -0.462 e. The maximum atomic E-state index is 12.7. The van der Waals surface area contributed by atoms with Gasteiger partial charge < -0.3 is 20.1 Å². The molecule has 0 saturated carbocycles. The van der Waals surface area contributed by atoms with Crippen molar-refractivity contribution in [2.24, 2.45) is 5.73 Å². The summed E-state index contributed by atoms with van der Waals surface area (Å²) in [7, 11) is -4.40. The number of hydrogen-bond donors (Lipinski definition) is 2. The average molecular weight is 1180 g/mol. The van der Waals surface area contributed by atoms with Gasteiger partial charge in [-0.1, -0.05) is 317 Å². The van der Waals surface area contributed by atoms with Gasteiger partial charge in [-0.05, 0) is 89.9 Å². The Balaban J connectivity index is 3.83. The van der Waals surface area contributed by atoms with Gasteiger partial charge in [0.05, 0.1) is 13.2 Å². The van der Waals surface area contributed by atoms with Crippen LogP contribution in [0.2, 0.25) is 0 Å². The predicted molar refractivity (Wildman–Crippen MR) is 358 cm³/mol. The standard InChI is InChI=1S/C73H132NO8P/c1-3-5-7-9-11-13-15-17-19-21-23-25-27-29-30-31-32-33-34-35-36-37-38-39-40-42-43-45-47-49-51-53-55-57-59-61-63-65-72(75)79-69-71(70-81-83(77,78)80-68-67-74)82-73(76)66-64-62-60-58-56-54-52-50-48-46-44-41-28-26-24-22-20-18-16-14-12-10-8-6-4-2/h6,8,12,14-15,17-18,20-21,23-24,26,41,44,71H,3-5,7,9-11,13,16,19,22,25,27-40,42-43,45-70,74H2,1-2H3,(H,77,78)/b8-6-,14-12-,17-15-,20-18-,23-21-,26-24-,44-41-. The number of nitrogens with two attached hydrogens (primary N) is 1. The molecule has 0 radical (unpaired) electrons. The molecule has 0 aromatic heterocycles. The molecule has 0 fully saturated rings. The van der Waals surface area contributed by atoms with E-state index >= 15 is 0 Å². The van der Waals surface area contributed by atoms with Crippen LogP contribution in [0.25, 0.3) is 0 Å². The lowest BCUT2D eigenvalue weighted by Gasteiger charge is -2.19. The summed E-state index contributed by atoms with van der Waals surface area (Å²) in [4.78, 5) is 35.3. The molecule has 0 bridgehead atoms. The first-order valence-electron chi connectivity index (χ1n) is 35.1. The van der Waals surface area contributed by atoms with Crippen LogP contribution in [-0.2, 0) is 32.7 Å². The van der Waals surface area contributed by atoms with Crippen LogP contribution in [0, 0.1) is 0 Å². The van der Waals surface area contributed by atoms with E-state index in [-0.39, 0.29) is 38.6 Å². The molecule has 0 aliphatic rings. The Kier molecular flexibility index (Phi) is 66.0. The van der Waals surface area contributed by atoms with Crippen molar-refractivity contribution in [3.63, 3.8) is 0 Å². The van der Waals surface area contributed by atoms with E-state index in [1.807, 2.05) is 0 Å². The van der Waals surface area contributed by atoms with E-state index in [4.69, 9.17) is 24.3 Å². The average Bonchev–Trinajstić information content (AvgIpc) is 3.49. The SMILES string of the molecule is CC/C=C\C/C=C\C/C=C\C/C=C\C/C=C\CCCCCCCCCCCC(=O)OC(COC(=O)CCCCCCCCCCCCCCCCCCCCCCCCCCC/C=C\C/C=C\CCCCCCC)COP(=O)(O)OCCN. The van der Waals surface area contributed by atoms with E-state index in [1.165, 1.54) is 218 Å². The molecule has 0 aliphatic heterocycles. The zero-order chi connectivity index (χ0) is 60.1. The number of carbonyl (C=O) groups is 2. The minimum absolute atomic E-state index is 0.0505. The zero-order valence-electron chi connectivity index (χ0n) is 54.2. The lowest BCUT2D eigenvalue weighted by Crippen LogP contribution is -2.29.